The number of hydrogen-bond acceptors (Lipinski definition) is 3. The summed E-state index contributed by atoms with van der Waals surface area (Å²) in [5, 5.41) is 8.75. The summed E-state index contributed by atoms with van der Waals surface area (Å²) in [4.78, 5) is 24.0. The molecule has 0 aliphatic rings. The fourth-order valence-electron chi connectivity index (χ4n) is 2.18. The molecule has 2 rings (SSSR count). The molecule has 5 nitrogen and oxygen atoms in total. The van der Waals surface area contributed by atoms with E-state index in [0.29, 0.717) is 12.1 Å². The molecule has 0 aromatic heterocycles. The highest BCUT2D eigenvalue weighted by molar-refractivity contribution is 6.05. The lowest BCUT2D eigenvalue weighted by Crippen LogP contribution is -2.30. The lowest BCUT2D eigenvalue weighted by Gasteiger charge is -2.12. The molecule has 0 spiro atoms. The zero-order chi connectivity index (χ0) is 17.4. The van der Waals surface area contributed by atoms with Crippen LogP contribution in [0, 0.1) is 6.92 Å². The van der Waals surface area contributed by atoms with Crippen LogP contribution in [0.25, 0.3) is 0 Å². The third kappa shape index (κ3) is 5.12. The number of nitrogens with one attached hydrogen (secondary N) is 3. The van der Waals surface area contributed by atoms with Crippen molar-refractivity contribution in [2.24, 2.45) is 0 Å². The second-order valence-electron chi connectivity index (χ2n) is 5.55. The van der Waals surface area contributed by atoms with Gasteiger partial charge in [0.2, 0.25) is 5.91 Å². The zero-order valence-corrected chi connectivity index (χ0v) is 14.1. The second-order valence-corrected chi connectivity index (χ2v) is 5.55. The van der Waals surface area contributed by atoms with E-state index < -0.39 is 0 Å². The summed E-state index contributed by atoms with van der Waals surface area (Å²) in [6.45, 7) is 4.79. The van der Waals surface area contributed by atoms with Crippen LogP contribution in [0.5, 0.6) is 0 Å². The molecule has 0 bridgehead atoms. The first-order valence-corrected chi connectivity index (χ1v) is 8.07. The first kappa shape index (κ1) is 17.5. The van der Waals surface area contributed by atoms with Crippen LogP contribution in [0.2, 0.25) is 0 Å². The molecule has 24 heavy (non-hydrogen) atoms. The van der Waals surface area contributed by atoms with Gasteiger partial charge in [0.1, 0.15) is 0 Å². The van der Waals surface area contributed by atoms with E-state index in [-0.39, 0.29) is 18.4 Å². The smallest absolute Gasteiger partial charge is 0.255 e. The average molecular weight is 325 g/mol. The van der Waals surface area contributed by atoms with Crippen LogP contribution in [-0.4, -0.2) is 24.9 Å². The van der Waals surface area contributed by atoms with Gasteiger partial charge in [0.25, 0.3) is 5.91 Å². The van der Waals surface area contributed by atoms with Gasteiger partial charge in [-0.3, -0.25) is 9.59 Å². The predicted octanol–water partition coefficient (Wildman–Crippen LogP) is 3.19. The summed E-state index contributed by atoms with van der Waals surface area (Å²) < 4.78 is 0. The summed E-state index contributed by atoms with van der Waals surface area (Å²) in [6, 6.07) is 14.7. The summed E-state index contributed by atoms with van der Waals surface area (Å²) in [7, 11) is 0. The molecule has 126 valence electrons. The van der Waals surface area contributed by atoms with Gasteiger partial charge in [-0.25, -0.2) is 0 Å². The van der Waals surface area contributed by atoms with E-state index in [0.717, 1.165) is 23.4 Å². The molecule has 3 N–H and O–H groups in total. The Labute approximate surface area is 142 Å². The Kier molecular flexibility index (Phi) is 6.37. The van der Waals surface area contributed by atoms with Crippen molar-refractivity contribution in [3.8, 4) is 0 Å². The molecule has 0 saturated heterocycles. The Bertz CT molecular complexity index is 699. The van der Waals surface area contributed by atoms with Crippen molar-refractivity contribution in [2.45, 2.75) is 20.3 Å². The normalized spacial score (nSPS) is 10.1. The highest BCUT2D eigenvalue weighted by Crippen LogP contribution is 2.18. The topological polar surface area (TPSA) is 70.2 Å². The molecule has 0 aliphatic heterocycles. The molecule has 0 radical (unpaired) electrons. The lowest BCUT2D eigenvalue weighted by atomic mass is 10.1. The van der Waals surface area contributed by atoms with Crippen molar-refractivity contribution in [3.05, 3.63) is 59.7 Å². The monoisotopic (exact) mass is 325 g/mol. The highest BCUT2D eigenvalue weighted by Gasteiger charge is 2.09. The number of amides is 2. The van der Waals surface area contributed by atoms with E-state index in [1.807, 2.05) is 50.2 Å². The first-order chi connectivity index (χ1) is 11.6. The van der Waals surface area contributed by atoms with E-state index in [1.165, 1.54) is 0 Å². The Morgan fingerprint density at radius 2 is 1.79 bits per heavy atom. The quantitative estimate of drug-likeness (QED) is 0.732. The number of hydrogen-bond donors (Lipinski definition) is 3. The lowest BCUT2D eigenvalue weighted by molar-refractivity contribution is -0.119. The number of anilines is 2. The van der Waals surface area contributed by atoms with E-state index in [1.54, 1.807) is 12.1 Å². The van der Waals surface area contributed by atoms with Crippen LogP contribution < -0.4 is 16.0 Å². The Morgan fingerprint density at radius 1 is 1.04 bits per heavy atom. The minimum absolute atomic E-state index is 0.0598. The van der Waals surface area contributed by atoms with Crippen LogP contribution >= 0.6 is 0 Å². The minimum atomic E-state index is -0.181. The van der Waals surface area contributed by atoms with Crippen molar-refractivity contribution in [1.82, 2.24) is 5.32 Å². The van der Waals surface area contributed by atoms with Gasteiger partial charge in [0.05, 0.1) is 6.54 Å². The fraction of sp³-hybridized carbons (Fsp3) is 0.263. The zero-order valence-electron chi connectivity index (χ0n) is 14.1. The number of benzene rings is 2. The van der Waals surface area contributed by atoms with Gasteiger partial charge in [-0.1, -0.05) is 31.2 Å². The van der Waals surface area contributed by atoms with Gasteiger partial charge >= 0.3 is 0 Å². The molecular formula is C19H23N3O2. The maximum Gasteiger partial charge on any atom is 0.255 e. The molecule has 0 unspecified atom stereocenters. The second kappa shape index (κ2) is 8.72. The summed E-state index contributed by atoms with van der Waals surface area (Å²) in [5.41, 5.74) is 3.05. The maximum atomic E-state index is 12.3. The molecule has 0 atom stereocenters. The van der Waals surface area contributed by atoms with Crippen LogP contribution in [0.1, 0.15) is 29.3 Å². The van der Waals surface area contributed by atoms with Crippen molar-refractivity contribution >= 4 is 23.2 Å². The average Bonchev–Trinajstić information content (AvgIpc) is 2.60. The largest absolute Gasteiger partial charge is 0.376 e. The van der Waals surface area contributed by atoms with Crippen LogP contribution in [-0.2, 0) is 4.79 Å². The van der Waals surface area contributed by atoms with Gasteiger partial charge < -0.3 is 16.0 Å². The minimum Gasteiger partial charge on any atom is -0.376 e. The molecular weight excluding hydrogens is 302 g/mol. The summed E-state index contributed by atoms with van der Waals surface area (Å²) >= 11 is 0. The fourth-order valence-corrected chi connectivity index (χ4v) is 2.18. The number of para-hydroxylation sites is 1. The number of carbonyl (C=O) groups is 2. The Balaban J connectivity index is 2.02. The molecule has 2 amide bonds. The van der Waals surface area contributed by atoms with Crippen molar-refractivity contribution < 1.29 is 9.59 Å². The summed E-state index contributed by atoms with van der Waals surface area (Å²) in [6.07, 6.45) is 0.903. The Hall–Kier alpha value is -2.82. The van der Waals surface area contributed by atoms with Gasteiger partial charge in [0.15, 0.2) is 0 Å². The van der Waals surface area contributed by atoms with Crippen LogP contribution in [0.4, 0.5) is 11.4 Å². The van der Waals surface area contributed by atoms with Crippen LogP contribution in [0.3, 0.4) is 0 Å². The maximum absolute atomic E-state index is 12.3. The Morgan fingerprint density at radius 3 is 2.50 bits per heavy atom. The van der Waals surface area contributed by atoms with Crippen molar-refractivity contribution in [2.75, 3.05) is 23.7 Å². The van der Waals surface area contributed by atoms with Gasteiger partial charge in [-0.15, -0.1) is 0 Å². The first-order valence-electron chi connectivity index (χ1n) is 8.07. The molecule has 0 fully saturated rings. The third-order valence-corrected chi connectivity index (χ3v) is 3.54. The van der Waals surface area contributed by atoms with Crippen molar-refractivity contribution in [1.29, 1.82) is 0 Å². The van der Waals surface area contributed by atoms with E-state index in [9.17, 15) is 9.59 Å². The molecule has 2 aromatic rings. The standard InChI is InChI=1S/C19H23N3O2/c1-3-11-20-18(23)13-21-17-12-15(10-9-14(17)2)19(24)22-16-7-5-4-6-8-16/h4-10,12,21H,3,11,13H2,1-2H3,(H,20,23)(H,22,24). The van der Waals surface area contributed by atoms with Gasteiger partial charge in [-0.2, -0.15) is 0 Å². The van der Waals surface area contributed by atoms with E-state index in [4.69, 9.17) is 0 Å². The van der Waals surface area contributed by atoms with Crippen molar-refractivity contribution in [3.63, 3.8) is 0 Å². The molecule has 5 heteroatoms. The molecule has 0 saturated carbocycles. The van der Waals surface area contributed by atoms with E-state index in [2.05, 4.69) is 16.0 Å². The SMILES string of the molecule is CCCNC(=O)CNc1cc(C(=O)Nc2ccccc2)ccc1C. The highest BCUT2D eigenvalue weighted by atomic mass is 16.2. The predicted molar refractivity (Wildman–Crippen MR) is 97.4 cm³/mol. The van der Waals surface area contributed by atoms with Gasteiger partial charge in [-0.05, 0) is 43.2 Å². The molecule has 2 aromatic carbocycles. The third-order valence-electron chi connectivity index (χ3n) is 3.54. The number of rotatable bonds is 7. The number of carbonyl (C=O) groups excluding carboxylic acids is 2. The molecule has 0 aliphatic carbocycles. The van der Waals surface area contributed by atoms with Crippen LogP contribution in [0.15, 0.2) is 48.5 Å². The number of aryl methyl sites for hydroxylation is 1. The van der Waals surface area contributed by atoms with Gasteiger partial charge in [0, 0.05) is 23.5 Å². The molecule has 0 heterocycles. The summed E-state index contributed by atoms with van der Waals surface area (Å²) in [5.74, 6) is -0.241. The van der Waals surface area contributed by atoms with E-state index >= 15 is 0 Å².